The maximum absolute atomic E-state index is 12.4. The highest BCUT2D eigenvalue weighted by atomic mass is 35.5. The van der Waals surface area contributed by atoms with Gasteiger partial charge in [-0.1, -0.05) is 41.4 Å². The second-order valence-corrected chi connectivity index (χ2v) is 5.71. The van der Waals surface area contributed by atoms with Crippen molar-refractivity contribution in [2.75, 3.05) is 11.9 Å². The molecule has 0 atom stereocenters. The van der Waals surface area contributed by atoms with E-state index in [4.69, 9.17) is 23.2 Å². The maximum atomic E-state index is 12.4. The van der Waals surface area contributed by atoms with Crippen molar-refractivity contribution < 1.29 is 4.79 Å². The van der Waals surface area contributed by atoms with Crippen LogP contribution in [-0.4, -0.2) is 12.5 Å². The third-order valence-corrected chi connectivity index (χ3v) is 4.41. The lowest BCUT2D eigenvalue weighted by Gasteiger charge is -2.20. The van der Waals surface area contributed by atoms with Crippen molar-refractivity contribution in [1.29, 1.82) is 0 Å². The number of hydrogen-bond donors (Lipinski definition) is 2. The number of hydrogen-bond acceptors (Lipinski definition) is 2. The second-order valence-electron chi connectivity index (χ2n) is 4.93. The average molecular weight is 321 g/mol. The van der Waals surface area contributed by atoms with Crippen molar-refractivity contribution in [1.82, 2.24) is 5.32 Å². The smallest absolute Gasteiger partial charge is 0.257 e. The molecule has 3 nitrogen and oxygen atoms in total. The molecule has 1 aliphatic rings. The van der Waals surface area contributed by atoms with Gasteiger partial charge in [0.25, 0.3) is 5.91 Å². The molecule has 0 fully saturated rings. The van der Waals surface area contributed by atoms with Gasteiger partial charge in [0.2, 0.25) is 0 Å². The summed E-state index contributed by atoms with van der Waals surface area (Å²) in [6.07, 6.45) is 0.969. The average Bonchev–Trinajstić information content (AvgIpc) is 2.50. The molecule has 0 aromatic heterocycles. The van der Waals surface area contributed by atoms with E-state index in [1.807, 2.05) is 12.1 Å². The van der Waals surface area contributed by atoms with Gasteiger partial charge in [0.1, 0.15) is 0 Å². The largest absolute Gasteiger partial charge is 0.322 e. The molecule has 0 saturated carbocycles. The quantitative estimate of drug-likeness (QED) is 0.881. The summed E-state index contributed by atoms with van der Waals surface area (Å²) < 4.78 is 0. The van der Waals surface area contributed by atoms with Crippen LogP contribution in [0.1, 0.15) is 21.5 Å². The van der Waals surface area contributed by atoms with Gasteiger partial charge in [0.15, 0.2) is 0 Å². The second kappa shape index (κ2) is 6.06. The monoisotopic (exact) mass is 320 g/mol. The zero-order valence-corrected chi connectivity index (χ0v) is 12.8. The van der Waals surface area contributed by atoms with Gasteiger partial charge < -0.3 is 10.6 Å². The van der Waals surface area contributed by atoms with E-state index in [0.29, 0.717) is 10.6 Å². The van der Waals surface area contributed by atoms with E-state index in [-0.39, 0.29) is 10.9 Å². The van der Waals surface area contributed by atoms with Crippen LogP contribution in [0, 0.1) is 0 Å². The van der Waals surface area contributed by atoms with Crippen LogP contribution in [0.25, 0.3) is 0 Å². The first-order valence-corrected chi connectivity index (χ1v) is 7.49. The predicted octanol–water partition coefficient (Wildman–Crippen LogP) is 3.89. The van der Waals surface area contributed by atoms with Gasteiger partial charge in [-0.25, -0.2) is 0 Å². The molecule has 3 rings (SSSR count). The summed E-state index contributed by atoms with van der Waals surface area (Å²) in [5.74, 6) is -0.249. The predicted molar refractivity (Wildman–Crippen MR) is 86.3 cm³/mol. The highest BCUT2D eigenvalue weighted by molar-refractivity contribution is 6.44. The van der Waals surface area contributed by atoms with Crippen LogP contribution in [-0.2, 0) is 13.0 Å². The molecule has 2 N–H and O–H groups in total. The van der Waals surface area contributed by atoms with Crippen LogP contribution in [0.5, 0.6) is 0 Å². The summed E-state index contributed by atoms with van der Waals surface area (Å²) in [6, 6.07) is 11.0. The number of benzene rings is 2. The summed E-state index contributed by atoms with van der Waals surface area (Å²) >= 11 is 12.0. The van der Waals surface area contributed by atoms with E-state index >= 15 is 0 Å². The molecular weight excluding hydrogens is 307 g/mol. The summed E-state index contributed by atoms with van der Waals surface area (Å²) in [7, 11) is 0. The van der Waals surface area contributed by atoms with Crippen molar-refractivity contribution in [3.05, 3.63) is 63.1 Å². The number of halogens is 2. The fourth-order valence-electron chi connectivity index (χ4n) is 2.50. The molecule has 0 bridgehead atoms. The third kappa shape index (κ3) is 2.91. The van der Waals surface area contributed by atoms with E-state index in [1.165, 1.54) is 5.56 Å². The fourth-order valence-corrected chi connectivity index (χ4v) is 2.89. The van der Waals surface area contributed by atoms with Gasteiger partial charge in [-0.15, -0.1) is 0 Å². The van der Waals surface area contributed by atoms with Crippen LogP contribution in [0.4, 0.5) is 5.69 Å². The maximum Gasteiger partial charge on any atom is 0.257 e. The molecular formula is C16H14Cl2N2O. The Morgan fingerprint density at radius 3 is 2.81 bits per heavy atom. The molecule has 0 radical (unpaired) electrons. The van der Waals surface area contributed by atoms with Crippen LogP contribution < -0.4 is 10.6 Å². The van der Waals surface area contributed by atoms with Crippen molar-refractivity contribution in [3.8, 4) is 0 Å². The Morgan fingerprint density at radius 1 is 1.14 bits per heavy atom. The Labute approximate surface area is 133 Å². The summed E-state index contributed by atoms with van der Waals surface area (Å²) in [5.41, 5.74) is 3.60. The number of rotatable bonds is 2. The standard InChI is InChI=1S/C16H14Cl2N2O/c17-13-5-2-4-11(15(13)18)16(21)20-14-6-1-3-10-7-8-19-9-12(10)14/h1-6,19H,7-9H2,(H,20,21). The summed E-state index contributed by atoms with van der Waals surface area (Å²) in [4.78, 5) is 12.4. The first-order chi connectivity index (χ1) is 10.2. The van der Waals surface area contributed by atoms with Gasteiger partial charge in [0.05, 0.1) is 15.6 Å². The number of anilines is 1. The summed E-state index contributed by atoms with van der Waals surface area (Å²) in [6.45, 7) is 1.72. The first-order valence-electron chi connectivity index (χ1n) is 6.73. The molecule has 0 aliphatic carbocycles. The zero-order chi connectivity index (χ0) is 14.8. The summed E-state index contributed by atoms with van der Waals surface area (Å²) in [5, 5.41) is 6.90. The van der Waals surface area contributed by atoms with Crippen molar-refractivity contribution in [2.24, 2.45) is 0 Å². The topological polar surface area (TPSA) is 41.1 Å². The highest BCUT2D eigenvalue weighted by Gasteiger charge is 2.17. The molecule has 1 heterocycles. The zero-order valence-electron chi connectivity index (χ0n) is 11.2. The van der Waals surface area contributed by atoms with Crippen molar-refractivity contribution in [3.63, 3.8) is 0 Å². The SMILES string of the molecule is O=C(Nc1cccc2c1CNCC2)c1cccc(Cl)c1Cl. The van der Waals surface area contributed by atoms with E-state index < -0.39 is 0 Å². The number of carbonyl (C=O) groups is 1. The normalized spacial score (nSPS) is 13.6. The molecule has 0 saturated heterocycles. The molecule has 1 amide bonds. The number of carbonyl (C=O) groups excluding carboxylic acids is 1. The minimum absolute atomic E-state index is 0.249. The van der Waals surface area contributed by atoms with Gasteiger partial charge in [-0.05, 0) is 42.3 Å². The van der Waals surface area contributed by atoms with Crippen LogP contribution in [0.15, 0.2) is 36.4 Å². The first kappa shape index (κ1) is 14.4. The van der Waals surface area contributed by atoms with Gasteiger partial charge in [0, 0.05) is 12.2 Å². The Balaban J connectivity index is 1.90. The molecule has 5 heteroatoms. The third-order valence-electron chi connectivity index (χ3n) is 3.59. The minimum atomic E-state index is -0.249. The van der Waals surface area contributed by atoms with E-state index in [2.05, 4.69) is 16.7 Å². The molecule has 2 aromatic carbocycles. The lowest BCUT2D eigenvalue weighted by molar-refractivity contribution is 0.102. The van der Waals surface area contributed by atoms with Gasteiger partial charge in [-0.3, -0.25) is 4.79 Å². The molecule has 2 aromatic rings. The van der Waals surface area contributed by atoms with E-state index in [9.17, 15) is 4.79 Å². The van der Waals surface area contributed by atoms with Crippen LogP contribution in [0.3, 0.4) is 0 Å². The van der Waals surface area contributed by atoms with Crippen LogP contribution in [0.2, 0.25) is 10.0 Å². The Morgan fingerprint density at radius 2 is 1.95 bits per heavy atom. The molecule has 0 spiro atoms. The van der Waals surface area contributed by atoms with Gasteiger partial charge in [-0.2, -0.15) is 0 Å². The van der Waals surface area contributed by atoms with E-state index in [0.717, 1.165) is 30.8 Å². The Kier molecular flexibility index (Phi) is 4.15. The Bertz CT molecular complexity index is 701. The minimum Gasteiger partial charge on any atom is -0.322 e. The number of fused-ring (bicyclic) bond motifs is 1. The molecule has 21 heavy (non-hydrogen) atoms. The Hall–Kier alpha value is -1.55. The van der Waals surface area contributed by atoms with Gasteiger partial charge >= 0.3 is 0 Å². The highest BCUT2D eigenvalue weighted by Crippen LogP contribution is 2.28. The van der Waals surface area contributed by atoms with Crippen molar-refractivity contribution >= 4 is 34.8 Å². The molecule has 1 aliphatic heterocycles. The lowest BCUT2D eigenvalue weighted by atomic mass is 9.99. The van der Waals surface area contributed by atoms with Crippen molar-refractivity contribution in [2.45, 2.75) is 13.0 Å². The molecule has 108 valence electrons. The lowest BCUT2D eigenvalue weighted by Crippen LogP contribution is -2.25. The fraction of sp³-hybridized carbons (Fsp3) is 0.188. The molecule has 0 unspecified atom stereocenters. The van der Waals surface area contributed by atoms with Crippen LogP contribution >= 0.6 is 23.2 Å². The number of nitrogens with one attached hydrogen (secondary N) is 2. The number of amides is 1. The van der Waals surface area contributed by atoms with E-state index in [1.54, 1.807) is 18.2 Å².